The monoisotopic (exact) mass is 827 g/mol. The van der Waals surface area contributed by atoms with Gasteiger partial charge in [-0.15, -0.1) is 0 Å². The maximum atomic E-state index is 14.9. The summed E-state index contributed by atoms with van der Waals surface area (Å²) in [6.45, 7) is 3.28. The zero-order valence-electron chi connectivity index (χ0n) is 33.1. The van der Waals surface area contributed by atoms with Gasteiger partial charge in [0.05, 0.1) is 45.9 Å². The number of sulfonamides is 1. The lowest BCUT2D eigenvalue weighted by molar-refractivity contribution is -0.154. The van der Waals surface area contributed by atoms with E-state index in [2.05, 4.69) is 9.71 Å². The highest BCUT2D eigenvalue weighted by Gasteiger charge is 2.63. The number of ether oxygens (including phenoxy) is 2. The van der Waals surface area contributed by atoms with Gasteiger partial charge in [0.2, 0.25) is 21.8 Å². The number of hydrogen-bond donors (Lipinski definition) is 1. The maximum absolute atomic E-state index is 14.9. The van der Waals surface area contributed by atoms with Crippen molar-refractivity contribution in [1.29, 1.82) is 0 Å². The topological polar surface area (TPSA) is 149 Å². The van der Waals surface area contributed by atoms with Crippen molar-refractivity contribution in [2.24, 2.45) is 17.3 Å². The fraction of sp³-hybridized carbons (Fsp3) is 0.651. The highest BCUT2D eigenvalue weighted by molar-refractivity contribution is 7.91. The van der Waals surface area contributed by atoms with Crippen LogP contribution in [0.3, 0.4) is 0 Å². The van der Waals surface area contributed by atoms with E-state index in [1.165, 1.54) is 11.0 Å². The van der Waals surface area contributed by atoms with Crippen molar-refractivity contribution in [1.82, 2.24) is 14.6 Å². The van der Waals surface area contributed by atoms with E-state index >= 15 is 0 Å². The van der Waals surface area contributed by atoms with Gasteiger partial charge in [-0.25, -0.2) is 13.4 Å². The van der Waals surface area contributed by atoms with Gasteiger partial charge >= 0.3 is 12.1 Å². The number of aryl methyl sites for hydroxylation is 2. The van der Waals surface area contributed by atoms with E-state index in [1.807, 2.05) is 12.2 Å². The number of alkyl halides is 3. The van der Waals surface area contributed by atoms with Gasteiger partial charge in [0.25, 0.3) is 0 Å². The molecule has 15 heteroatoms. The minimum absolute atomic E-state index is 0.0226. The van der Waals surface area contributed by atoms with Crippen LogP contribution in [0, 0.1) is 24.2 Å². The number of hydrogen-bond acceptors (Lipinski definition) is 9. The van der Waals surface area contributed by atoms with Gasteiger partial charge in [0.15, 0.2) is 5.78 Å². The molecule has 314 valence electrons. The predicted molar refractivity (Wildman–Crippen MR) is 207 cm³/mol. The summed E-state index contributed by atoms with van der Waals surface area (Å²) in [6.07, 6.45) is 7.29. The number of fused-ring (bicyclic) bond motifs is 5. The van der Waals surface area contributed by atoms with E-state index in [9.17, 15) is 40.8 Å². The van der Waals surface area contributed by atoms with E-state index in [0.29, 0.717) is 66.4 Å². The SMILES string of the molecule is Cc1nc2ccc(C(F)(F)F)cc2c2c1O[C@]1(CC2)C[C@H]2C(=O)C[C@]3(C(=O)NS(=O)(=O)C4(C)CC4)C[C@H]3/C=C\CCCCC[C@H](CC(=O)OC3CCCC3)C(=O)N2C1. The van der Waals surface area contributed by atoms with Gasteiger partial charge in [-0.2, -0.15) is 13.2 Å². The third kappa shape index (κ3) is 7.76. The highest BCUT2D eigenvalue weighted by atomic mass is 32.2. The van der Waals surface area contributed by atoms with E-state index in [0.717, 1.165) is 50.7 Å². The smallest absolute Gasteiger partial charge is 0.416 e. The Morgan fingerprint density at radius 3 is 2.50 bits per heavy atom. The Balaban J connectivity index is 1.13. The molecule has 1 saturated heterocycles. The molecule has 0 unspecified atom stereocenters. The second-order valence-electron chi connectivity index (χ2n) is 18.1. The summed E-state index contributed by atoms with van der Waals surface area (Å²) < 4.78 is 81.7. The molecular formula is C43H52F3N3O8S. The lowest BCUT2D eigenvalue weighted by atomic mass is 9.85. The molecule has 5 atom stereocenters. The Bertz CT molecular complexity index is 2160. The standard InChI is InChI=1S/C43H52F3N3O8S/c1-26-37-31(32-21-28(43(44,45)46)14-15-33(32)47-26)16-17-41(57-37)23-34-35(50)24-42(39(53)48-58(54,55)40(2)18-19-40)22-29(42)11-7-5-3-4-6-10-27(38(52)49(34)25-41)20-36(51)56-30-12-8-9-13-30/h7,11,14-15,21,27,29-30,34H,3-6,8-10,12-13,16-20,22-25H2,1-2H3,(H,48,53)/b11-7-/t27-,29-,34+,41-,42-/m1/s1. The van der Waals surface area contributed by atoms with Gasteiger partial charge in [0.1, 0.15) is 17.5 Å². The average molecular weight is 828 g/mol. The average Bonchev–Trinajstić information content (AvgIpc) is 3.96. The first-order valence-corrected chi connectivity index (χ1v) is 22.4. The summed E-state index contributed by atoms with van der Waals surface area (Å²) >= 11 is 0. The lowest BCUT2D eigenvalue weighted by Gasteiger charge is -2.37. The number of carbonyl (C=O) groups is 4. The zero-order valence-corrected chi connectivity index (χ0v) is 33.9. The van der Waals surface area contributed by atoms with Crippen molar-refractivity contribution in [3.8, 4) is 5.75 Å². The lowest BCUT2D eigenvalue weighted by Crippen LogP contribution is -2.48. The third-order valence-corrected chi connectivity index (χ3v) is 16.0. The minimum Gasteiger partial charge on any atom is -0.483 e. The number of nitrogens with one attached hydrogen (secondary N) is 1. The van der Waals surface area contributed by atoms with Gasteiger partial charge in [0, 0.05) is 29.7 Å². The molecular weight excluding hydrogens is 776 g/mol. The number of aromatic nitrogens is 1. The van der Waals surface area contributed by atoms with Crippen LogP contribution in [0.25, 0.3) is 10.9 Å². The van der Waals surface area contributed by atoms with Crippen LogP contribution in [0.5, 0.6) is 5.75 Å². The Kier molecular flexibility index (Phi) is 10.5. The van der Waals surface area contributed by atoms with E-state index in [-0.39, 0.29) is 56.6 Å². The number of Topliss-reactive ketones (excluding diaryl/α,β-unsaturated/α-hetero) is 1. The van der Waals surface area contributed by atoms with Crippen LogP contribution in [0.15, 0.2) is 30.4 Å². The Morgan fingerprint density at radius 1 is 1.03 bits per heavy atom. The quantitative estimate of drug-likeness (QED) is 0.236. The van der Waals surface area contributed by atoms with Crippen LogP contribution in [-0.2, 0) is 46.5 Å². The largest absolute Gasteiger partial charge is 0.483 e. The third-order valence-electron chi connectivity index (χ3n) is 13.8. The van der Waals surface area contributed by atoms with E-state index < -0.39 is 67.1 Å². The molecule has 1 aromatic carbocycles. The van der Waals surface area contributed by atoms with Gasteiger partial charge in [-0.1, -0.05) is 25.0 Å². The number of allylic oxidation sites excluding steroid dienone is 2. The molecule has 3 saturated carbocycles. The number of ketones is 1. The molecule has 2 amide bonds. The molecule has 11 nitrogen and oxygen atoms in total. The molecule has 6 aliphatic rings. The highest BCUT2D eigenvalue weighted by Crippen LogP contribution is 2.58. The fourth-order valence-electron chi connectivity index (χ4n) is 9.78. The first kappa shape index (κ1) is 40.8. The summed E-state index contributed by atoms with van der Waals surface area (Å²) in [5.74, 6) is -2.81. The number of benzene rings is 1. The van der Waals surface area contributed by atoms with Crippen LogP contribution < -0.4 is 9.46 Å². The van der Waals surface area contributed by atoms with E-state index in [4.69, 9.17) is 9.47 Å². The van der Waals surface area contributed by atoms with Crippen molar-refractivity contribution >= 4 is 44.5 Å². The summed E-state index contributed by atoms with van der Waals surface area (Å²) in [6, 6.07) is 2.36. The van der Waals surface area contributed by atoms with Crippen LogP contribution in [0.4, 0.5) is 13.2 Å². The molecule has 4 fully saturated rings. The first-order valence-electron chi connectivity index (χ1n) is 20.9. The second-order valence-corrected chi connectivity index (χ2v) is 20.3. The molecule has 1 aromatic heterocycles. The van der Waals surface area contributed by atoms with Crippen molar-refractivity contribution < 1.29 is 50.2 Å². The normalized spacial score (nSPS) is 30.7. The number of amides is 2. The molecule has 0 radical (unpaired) electrons. The Morgan fingerprint density at radius 2 is 1.78 bits per heavy atom. The minimum atomic E-state index is -4.56. The van der Waals surface area contributed by atoms with Gasteiger partial charge in [-0.3, -0.25) is 23.9 Å². The molecule has 8 rings (SSSR count). The Labute approximate surface area is 336 Å². The number of esters is 1. The Hall–Kier alpha value is -4.01. The number of nitrogens with zero attached hydrogens (tertiary/aromatic N) is 2. The summed E-state index contributed by atoms with van der Waals surface area (Å²) in [4.78, 5) is 63.1. The van der Waals surface area contributed by atoms with Gasteiger partial charge in [-0.05, 0) is 115 Å². The molecule has 0 bridgehead atoms. The molecule has 4 heterocycles. The first-order chi connectivity index (χ1) is 27.4. The number of pyridine rings is 1. The second kappa shape index (κ2) is 14.9. The zero-order chi connectivity index (χ0) is 41.3. The van der Waals surface area contributed by atoms with Crippen LogP contribution >= 0.6 is 0 Å². The predicted octanol–water partition coefficient (Wildman–Crippen LogP) is 7.20. The van der Waals surface area contributed by atoms with Crippen molar-refractivity contribution in [2.75, 3.05) is 6.54 Å². The summed E-state index contributed by atoms with van der Waals surface area (Å²) in [5.41, 5.74) is -1.81. The molecule has 58 heavy (non-hydrogen) atoms. The molecule has 3 aliphatic heterocycles. The maximum Gasteiger partial charge on any atom is 0.416 e. The molecule has 2 aromatic rings. The number of carbonyl (C=O) groups excluding carboxylic acids is 4. The van der Waals surface area contributed by atoms with Crippen LogP contribution in [0.2, 0.25) is 0 Å². The van der Waals surface area contributed by atoms with Crippen molar-refractivity contribution in [3.05, 3.63) is 47.2 Å². The summed E-state index contributed by atoms with van der Waals surface area (Å²) in [7, 11) is -4.00. The van der Waals surface area contributed by atoms with Crippen LogP contribution in [-0.4, -0.2) is 70.9 Å². The van der Waals surface area contributed by atoms with Crippen molar-refractivity contribution in [2.45, 2.75) is 152 Å². The summed E-state index contributed by atoms with van der Waals surface area (Å²) in [5, 5.41) is 0.321. The van der Waals surface area contributed by atoms with Crippen LogP contribution in [0.1, 0.15) is 126 Å². The number of halogens is 3. The van der Waals surface area contributed by atoms with Gasteiger partial charge < -0.3 is 14.4 Å². The molecule has 1 spiro atoms. The fourth-order valence-corrected chi connectivity index (χ4v) is 11.1. The van der Waals surface area contributed by atoms with E-state index in [1.54, 1.807) is 13.8 Å². The molecule has 1 N–H and O–H groups in total. The molecule has 3 aliphatic carbocycles. The number of rotatable bonds is 6. The van der Waals surface area contributed by atoms with Crippen molar-refractivity contribution in [3.63, 3.8) is 0 Å².